The fourth-order valence-corrected chi connectivity index (χ4v) is 1.61. The van der Waals surface area contributed by atoms with E-state index in [9.17, 15) is 4.79 Å². The first-order chi connectivity index (χ1) is 6.42. The highest BCUT2D eigenvalue weighted by Gasteiger charge is 2.16. The minimum absolute atomic E-state index is 0.587. The molecular weight excluding hydrogens is 166 g/mol. The summed E-state index contributed by atoms with van der Waals surface area (Å²) in [7, 11) is 0. The first-order valence-corrected chi connectivity index (χ1v) is 4.42. The van der Waals surface area contributed by atoms with Gasteiger partial charge in [0.2, 0.25) is 0 Å². The van der Waals surface area contributed by atoms with Crippen molar-refractivity contribution < 1.29 is 4.79 Å². The Hall–Kier alpha value is -1.45. The van der Waals surface area contributed by atoms with Crippen molar-refractivity contribution >= 4 is 12.1 Å². The molecule has 1 aromatic heterocycles. The summed E-state index contributed by atoms with van der Waals surface area (Å²) in [5, 5.41) is 0. The third-order valence-corrected chi connectivity index (χ3v) is 2.25. The van der Waals surface area contributed by atoms with Crippen LogP contribution < -0.4 is 4.90 Å². The third-order valence-electron chi connectivity index (χ3n) is 2.25. The van der Waals surface area contributed by atoms with Crippen LogP contribution in [0.5, 0.6) is 0 Å². The first-order valence-electron chi connectivity index (χ1n) is 4.42. The maximum atomic E-state index is 10.7. The summed E-state index contributed by atoms with van der Waals surface area (Å²) in [6, 6.07) is 0. The molecule has 2 heterocycles. The number of carbonyl (C=O) groups is 1. The molecule has 4 nitrogen and oxygen atoms in total. The standard InChI is InChI=1S/C9H11N3O/c13-6-8-5-10-7-11-9(8)12-3-1-2-4-12/h5-7H,1-4H2. The highest BCUT2D eigenvalue weighted by atomic mass is 16.1. The molecule has 1 aliphatic rings. The van der Waals surface area contributed by atoms with Crippen LogP contribution in [0, 0.1) is 0 Å². The van der Waals surface area contributed by atoms with Crippen molar-refractivity contribution in [3.8, 4) is 0 Å². The van der Waals surface area contributed by atoms with Crippen LogP contribution in [0.15, 0.2) is 12.5 Å². The molecule has 0 unspecified atom stereocenters. The molecule has 2 rings (SSSR count). The van der Waals surface area contributed by atoms with Gasteiger partial charge in [0, 0.05) is 19.3 Å². The molecule has 0 aliphatic carbocycles. The number of hydrogen-bond acceptors (Lipinski definition) is 4. The largest absolute Gasteiger partial charge is 0.356 e. The Morgan fingerprint density at radius 2 is 2.15 bits per heavy atom. The minimum Gasteiger partial charge on any atom is -0.356 e. The van der Waals surface area contributed by atoms with E-state index in [-0.39, 0.29) is 0 Å². The van der Waals surface area contributed by atoms with E-state index >= 15 is 0 Å². The van der Waals surface area contributed by atoms with E-state index in [1.54, 1.807) is 6.20 Å². The van der Waals surface area contributed by atoms with Crippen molar-refractivity contribution in [1.82, 2.24) is 9.97 Å². The van der Waals surface area contributed by atoms with Crippen LogP contribution in [0.3, 0.4) is 0 Å². The smallest absolute Gasteiger partial charge is 0.155 e. The second kappa shape index (κ2) is 3.51. The molecule has 0 spiro atoms. The molecule has 0 bridgehead atoms. The Morgan fingerprint density at radius 1 is 1.38 bits per heavy atom. The molecule has 1 saturated heterocycles. The zero-order chi connectivity index (χ0) is 9.10. The monoisotopic (exact) mass is 177 g/mol. The zero-order valence-corrected chi connectivity index (χ0v) is 7.31. The van der Waals surface area contributed by atoms with Crippen LogP contribution in [0.4, 0.5) is 5.82 Å². The number of aldehydes is 1. The predicted molar refractivity (Wildman–Crippen MR) is 48.9 cm³/mol. The summed E-state index contributed by atoms with van der Waals surface area (Å²) >= 11 is 0. The molecule has 1 fully saturated rings. The number of nitrogens with zero attached hydrogens (tertiary/aromatic N) is 3. The topological polar surface area (TPSA) is 46.1 Å². The van der Waals surface area contributed by atoms with Crippen molar-refractivity contribution in [3.05, 3.63) is 18.1 Å². The van der Waals surface area contributed by atoms with E-state index in [1.807, 2.05) is 0 Å². The van der Waals surface area contributed by atoms with Gasteiger partial charge in [-0.25, -0.2) is 9.97 Å². The van der Waals surface area contributed by atoms with Crippen molar-refractivity contribution in [2.24, 2.45) is 0 Å². The summed E-state index contributed by atoms with van der Waals surface area (Å²) in [5.41, 5.74) is 0.587. The lowest BCUT2D eigenvalue weighted by molar-refractivity contribution is 0.112. The quantitative estimate of drug-likeness (QED) is 0.629. The van der Waals surface area contributed by atoms with Crippen LogP contribution in [0.1, 0.15) is 23.2 Å². The van der Waals surface area contributed by atoms with Crippen LogP contribution in [-0.4, -0.2) is 29.3 Å². The summed E-state index contributed by atoms with van der Waals surface area (Å²) in [6.45, 7) is 2.00. The van der Waals surface area contributed by atoms with Crippen LogP contribution in [-0.2, 0) is 0 Å². The fourth-order valence-electron chi connectivity index (χ4n) is 1.61. The molecule has 13 heavy (non-hydrogen) atoms. The number of hydrogen-bond donors (Lipinski definition) is 0. The Balaban J connectivity index is 2.31. The second-order valence-electron chi connectivity index (χ2n) is 3.11. The van der Waals surface area contributed by atoms with Gasteiger partial charge in [-0.1, -0.05) is 0 Å². The van der Waals surface area contributed by atoms with Gasteiger partial charge >= 0.3 is 0 Å². The molecule has 0 radical (unpaired) electrons. The lowest BCUT2D eigenvalue weighted by atomic mass is 10.3. The van der Waals surface area contributed by atoms with E-state index in [4.69, 9.17) is 0 Å². The molecule has 0 saturated carbocycles. The Labute approximate surface area is 76.6 Å². The van der Waals surface area contributed by atoms with Gasteiger partial charge in [-0.15, -0.1) is 0 Å². The molecule has 68 valence electrons. The lowest BCUT2D eigenvalue weighted by Crippen LogP contribution is -2.20. The van der Waals surface area contributed by atoms with E-state index < -0.39 is 0 Å². The lowest BCUT2D eigenvalue weighted by Gasteiger charge is -2.16. The minimum atomic E-state index is 0.587. The fraction of sp³-hybridized carbons (Fsp3) is 0.444. The molecular formula is C9H11N3O. The Bertz CT molecular complexity index is 307. The average Bonchev–Trinajstić information content (AvgIpc) is 2.70. The third kappa shape index (κ3) is 1.52. The highest BCUT2D eigenvalue weighted by Crippen LogP contribution is 2.19. The van der Waals surface area contributed by atoms with Crippen LogP contribution in [0.2, 0.25) is 0 Å². The molecule has 0 N–H and O–H groups in total. The van der Waals surface area contributed by atoms with Gasteiger partial charge in [-0.2, -0.15) is 0 Å². The molecule has 0 atom stereocenters. The predicted octanol–water partition coefficient (Wildman–Crippen LogP) is 0.889. The van der Waals surface area contributed by atoms with Gasteiger partial charge in [0.15, 0.2) is 6.29 Å². The molecule has 0 amide bonds. The summed E-state index contributed by atoms with van der Waals surface area (Å²) in [4.78, 5) is 20.7. The molecule has 1 aromatic rings. The second-order valence-corrected chi connectivity index (χ2v) is 3.11. The van der Waals surface area contributed by atoms with Crippen molar-refractivity contribution in [2.75, 3.05) is 18.0 Å². The van der Waals surface area contributed by atoms with E-state index in [1.165, 1.54) is 19.2 Å². The SMILES string of the molecule is O=Cc1cncnc1N1CCCC1. The summed E-state index contributed by atoms with van der Waals surface area (Å²) in [5.74, 6) is 0.780. The van der Waals surface area contributed by atoms with Gasteiger partial charge in [-0.05, 0) is 12.8 Å². The molecule has 0 aromatic carbocycles. The highest BCUT2D eigenvalue weighted by molar-refractivity contribution is 5.82. The zero-order valence-electron chi connectivity index (χ0n) is 7.31. The molecule has 1 aliphatic heterocycles. The normalized spacial score (nSPS) is 16.2. The van der Waals surface area contributed by atoms with Crippen molar-refractivity contribution in [1.29, 1.82) is 0 Å². The van der Waals surface area contributed by atoms with Crippen LogP contribution in [0.25, 0.3) is 0 Å². The summed E-state index contributed by atoms with van der Waals surface area (Å²) in [6.07, 6.45) is 6.23. The Kier molecular flexibility index (Phi) is 2.21. The van der Waals surface area contributed by atoms with Gasteiger partial charge in [-0.3, -0.25) is 4.79 Å². The van der Waals surface area contributed by atoms with Gasteiger partial charge < -0.3 is 4.90 Å². The van der Waals surface area contributed by atoms with Gasteiger partial charge in [0.1, 0.15) is 12.1 Å². The number of aromatic nitrogens is 2. The average molecular weight is 177 g/mol. The summed E-state index contributed by atoms with van der Waals surface area (Å²) < 4.78 is 0. The number of carbonyl (C=O) groups excluding carboxylic acids is 1. The van der Waals surface area contributed by atoms with E-state index in [0.29, 0.717) is 5.56 Å². The van der Waals surface area contributed by atoms with E-state index in [2.05, 4.69) is 14.9 Å². The molecule has 4 heteroatoms. The van der Waals surface area contributed by atoms with Crippen molar-refractivity contribution in [2.45, 2.75) is 12.8 Å². The first kappa shape index (κ1) is 8.16. The van der Waals surface area contributed by atoms with Gasteiger partial charge in [0.25, 0.3) is 0 Å². The van der Waals surface area contributed by atoms with Crippen LogP contribution >= 0.6 is 0 Å². The Morgan fingerprint density at radius 3 is 2.85 bits per heavy atom. The maximum absolute atomic E-state index is 10.7. The van der Waals surface area contributed by atoms with Crippen molar-refractivity contribution in [3.63, 3.8) is 0 Å². The van der Waals surface area contributed by atoms with E-state index in [0.717, 1.165) is 25.2 Å². The maximum Gasteiger partial charge on any atom is 0.155 e. The van der Waals surface area contributed by atoms with Gasteiger partial charge in [0.05, 0.1) is 5.56 Å². The number of rotatable bonds is 2. The number of anilines is 1.